The summed E-state index contributed by atoms with van der Waals surface area (Å²) in [5, 5.41) is 12.1. The summed E-state index contributed by atoms with van der Waals surface area (Å²) in [6.07, 6.45) is -8.12. The first-order chi connectivity index (χ1) is 24.7. The van der Waals surface area contributed by atoms with Gasteiger partial charge in [0.2, 0.25) is 11.8 Å². The molecule has 1 amide bonds. The summed E-state index contributed by atoms with van der Waals surface area (Å²) >= 11 is 0. The van der Waals surface area contributed by atoms with Crippen LogP contribution in [-0.4, -0.2) is 78.2 Å². The average molecular weight is 741 g/mol. The monoisotopic (exact) mass is 740 g/mol. The van der Waals surface area contributed by atoms with Crippen LogP contribution in [-0.2, 0) is 33.0 Å². The number of ether oxygens (including phenoxy) is 3. The molecular formula is C34H38F6N6O6. The number of hydrogen-bond acceptors (Lipinski definition) is 10. The number of anilines is 3. The SMILES string of the molecule is CC[C@@H]1C[C@H](Nc2ncc(N3CCOCC3)c(Cc3cc(C(F)(F)F)cc(C(F)(F)F)c3)n2)c2nc(OC)ccc2N1C(=O)OCCCCC(=O)O. The van der Waals surface area contributed by atoms with Crippen molar-refractivity contribution in [2.45, 2.75) is 69.9 Å². The molecule has 1 saturated heterocycles. The van der Waals surface area contributed by atoms with Crippen molar-refractivity contribution in [3.8, 4) is 5.88 Å². The predicted octanol–water partition coefficient (Wildman–Crippen LogP) is 6.88. The quantitative estimate of drug-likeness (QED) is 0.148. The molecule has 2 aliphatic rings. The topological polar surface area (TPSA) is 139 Å². The Hall–Kier alpha value is -4.87. The molecule has 3 aromatic rings. The summed E-state index contributed by atoms with van der Waals surface area (Å²) in [5.41, 5.74) is -1.65. The third kappa shape index (κ3) is 9.32. The number of carboxylic acids is 1. The van der Waals surface area contributed by atoms with Gasteiger partial charge in [0.05, 0.1) is 73.1 Å². The van der Waals surface area contributed by atoms with Crippen LogP contribution in [0.15, 0.2) is 36.5 Å². The third-order valence-electron chi connectivity index (χ3n) is 8.75. The Morgan fingerprint density at radius 1 is 1.00 bits per heavy atom. The maximum atomic E-state index is 13.7. The number of aromatic nitrogens is 3. The molecule has 2 atom stereocenters. The van der Waals surface area contributed by atoms with Crippen molar-refractivity contribution in [1.29, 1.82) is 0 Å². The number of carbonyl (C=O) groups excluding carboxylic acids is 1. The number of nitrogens with zero attached hydrogens (tertiary/aromatic N) is 5. The van der Waals surface area contributed by atoms with Gasteiger partial charge in [0, 0.05) is 38.0 Å². The molecule has 1 fully saturated rings. The van der Waals surface area contributed by atoms with Crippen molar-refractivity contribution in [3.63, 3.8) is 0 Å². The van der Waals surface area contributed by atoms with Gasteiger partial charge in [-0.2, -0.15) is 26.3 Å². The second-order valence-corrected chi connectivity index (χ2v) is 12.3. The fourth-order valence-corrected chi connectivity index (χ4v) is 6.19. The van der Waals surface area contributed by atoms with Crippen LogP contribution in [0.25, 0.3) is 0 Å². The van der Waals surface area contributed by atoms with E-state index in [4.69, 9.17) is 19.3 Å². The maximum Gasteiger partial charge on any atom is 0.416 e. The van der Waals surface area contributed by atoms with E-state index >= 15 is 0 Å². The van der Waals surface area contributed by atoms with Crippen molar-refractivity contribution in [3.05, 3.63) is 64.6 Å². The van der Waals surface area contributed by atoms with Gasteiger partial charge < -0.3 is 29.5 Å². The summed E-state index contributed by atoms with van der Waals surface area (Å²) < 4.78 is 98.5. The molecule has 0 saturated carbocycles. The van der Waals surface area contributed by atoms with E-state index in [9.17, 15) is 35.9 Å². The highest BCUT2D eigenvalue weighted by atomic mass is 19.4. The fourth-order valence-electron chi connectivity index (χ4n) is 6.19. The summed E-state index contributed by atoms with van der Waals surface area (Å²) in [4.78, 5) is 41.2. The summed E-state index contributed by atoms with van der Waals surface area (Å²) in [6, 6.07) is 3.69. The van der Waals surface area contributed by atoms with Crippen LogP contribution < -0.4 is 19.9 Å². The number of pyridine rings is 1. The molecular weight excluding hydrogens is 702 g/mol. The van der Waals surface area contributed by atoms with Gasteiger partial charge >= 0.3 is 24.4 Å². The van der Waals surface area contributed by atoms with Crippen LogP contribution in [0.2, 0.25) is 0 Å². The lowest BCUT2D eigenvalue weighted by Gasteiger charge is -2.39. The fraction of sp³-hybridized carbons (Fsp3) is 0.500. The first-order valence-corrected chi connectivity index (χ1v) is 16.6. The summed E-state index contributed by atoms with van der Waals surface area (Å²) in [6.45, 7) is 3.42. The zero-order valence-corrected chi connectivity index (χ0v) is 28.4. The molecule has 0 aliphatic carbocycles. The van der Waals surface area contributed by atoms with Gasteiger partial charge in [-0.15, -0.1) is 0 Å². The van der Waals surface area contributed by atoms with E-state index in [1.165, 1.54) is 18.2 Å². The van der Waals surface area contributed by atoms with Crippen LogP contribution in [0, 0.1) is 0 Å². The predicted molar refractivity (Wildman–Crippen MR) is 175 cm³/mol. The van der Waals surface area contributed by atoms with Crippen molar-refractivity contribution in [1.82, 2.24) is 15.0 Å². The van der Waals surface area contributed by atoms with Gasteiger partial charge in [-0.05, 0) is 55.5 Å². The number of carboxylic acid groups (broad SMARTS) is 1. The minimum absolute atomic E-state index is 0.0160. The highest BCUT2D eigenvalue weighted by Crippen LogP contribution is 2.41. The number of fused-ring (bicyclic) bond motifs is 1. The van der Waals surface area contributed by atoms with Crippen LogP contribution in [0.3, 0.4) is 0 Å². The number of halogens is 6. The van der Waals surface area contributed by atoms with Gasteiger partial charge in [-0.3, -0.25) is 9.69 Å². The second-order valence-electron chi connectivity index (χ2n) is 12.3. The highest BCUT2D eigenvalue weighted by Gasteiger charge is 2.39. The zero-order valence-electron chi connectivity index (χ0n) is 28.4. The number of carbonyl (C=O) groups is 2. The van der Waals surface area contributed by atoms with Gasteiger partial charge in [0.15, 0.2) is 0 Å². The minimum atomic E-state index is -5.01. The summed E-state index contributed by atoms with van der Waals surface area (Å²) in [5.74, 6) is -0.657. The Morgan fingerprint density at radius 3 is 2.31 bits per heavy atom. The smallest absolute Gasteiger partial charge is 0.416 e. The molecule has 4 heterocycles. The number of morpholine rings is 1. The molecule has 0 spiro atoms. The Balaban J connectivity index is 1.48. The molecule has 18 heteroatoms. The van der Waals surface area contributed by atoms with E-state index < -0.39 is 47.6 Å². The Bertz CT molecular complexity index is 1700. The van der Waals surface area contributed by atoms with Crippen molar-refractivity contribution >= 4 is 29.4 Å². The number of hydrogen-bond donors (Lipinski definition) is 2. The normalized spacial score (nSPS) is 17.8. The Kier molecular flexibility index (Phi) is 12.0. The van der Waals surface area contributed by atoms with Crippen molar-refractivity contribution in [2.24, 2.45) is 0 Å². The van der Waals surface area contributed by atoms with E-state index in [2.05, 4.69) is 20.3 Å². The van der Waals surface area contributed by atoms with E-state index in [-0.39, 0.29) is 48.6 Å². The lowest BCUT2D eigenvalue weighted by Crippen LogP contribution is -2.46. The number of nitrogens with one attached hydrogen (secondary N) is 1. The zero-order chi connectivity index (χ0) is 37.6. The molecule has 12 nitrogen and oxygen atoms in total. The maximum absolute atomic E-state index is 13.7. The lowest BCUT2D eigenvalue weighted by atomic mass is 9.93. The largest absolute Gasteiger partial charge is 0.481 e. The molecule has 2 aromatic heterocycles. The minimum Gasteiger partial charge on any atom is -0.481 e. The lowest BCUT2D eigenvalue weighted by molar-refractivity contribution is -0.143. The van der Waals surface area contributed by atoms with E-state index in [0.717, 1.165) is 0 Å². The molecule has 1 aromatic carbocycles. The van der Waals surface area contributed by atoms with Crippen molar-refractivity contribution < 1.29 is 55.2 Å². The average Bonchev–Trinajstić information content (AvgIpc) is 3.10. The van der Waals surface area contributed by atoms with E-state index in [1.807, 2.05) is 11.8 Å². The van der Waals surface area contributed by atoms with E-state index in [0.29, 0.717) is 81.2 Å². The van der Waals surface area contributed by atoms with Crippen LogP contribution in [0.1, 0.15) is 73.1 Å². The molecule has 0 radical (unpaired) electrons. The van der Waals surface area contributed by atoms with Crippen LogP contribution >= 0.6 is 0 Å². The molecule has 5 rings (SSSR count). The standard InChI is InChI=1S/C34H38F6N6O6/c1-3-23-18-25(30-26(7-8-28(44-30)50-2)46(23)32(49)52-11-5-4-6-29(47)48)43-31-41-19-27(45-9-12-51-13-10-45)24(42-31)16-20-14-21(33(35,36)37)17-22(15-20)34(38,39)40/h7-8,14-15,17,19,23,25H,3-6,9-13,16,18H2,1-2H3,(H,47,48)(H,41,42,43)/t23-,25+/m1/s1. The Labute approximate surface area is 295 Å². The van der Waals surface area contributed by atoms with Crippen LogP contribution in [0.4, 0.5) is 48.5 Å². The number of rotatable bonds is 12. The number of benzene rings is 1. The number of amides is 1. The Morgan fingerprint density at radius 2 is 1.69 bits per heavy atom. The van der Waals surface area contributed by atoms with Gasteiger partial charge in [0.1, 0.15) is 0 Å². The molecule has 282 valence electrons. The first-order valence-electron chi connectivity index (χ1n) is 16.6. The number of unbranched alkanes of at least 4 members (excludes halogenated alkanes) is 1. The van der Waals surface area contributed by atoms with Crippen LogP contribution in [0.5, 0.6) is 5.88 Å². The first kappa shape index (κ1) is 38.4. The number of alkyl halides is 6. The third-order valence-corrected chi connectivity index (χ3v) is 8.75. The van der Waals surface area contributed by atoms with Gasteiger partial charge in [0.25, 0.3) is 0 Å². The molecule has 0 bridgehead atoms. The van der Waals surface area contributed by atoms with Gasteiger partial charge in [-0.1, -0.05) is 6.92 Å². The molecule has 2 aliphatic heterocycles. The van der Waals surface area contributed by atoms with Crippen molar-refractivity contribution in [2.75, 3.05) is 55.1 Å². The molecule has 2 N–H and O–H groups in total. The molecule has 0 unspecified atom stereocenters. The highest BCUT2D eigenvalue weighted by molar-refractivity contribution is 5.90. The van der Waals surface area contributed by atoms with Gasteiger partial charge in [-0.25, -0.2) is 19.7 Å². The van der Waals surface area contributed by atoms with E-state index in [1.54, 1.807) is 12.1 Å². The molecule has 52 heavy (non-hydrogen) atoms. The second kappa shape index (κ2) is 16.2. The summed E-state index contributed by atoms with van der Waals surface area (Å²) in [7, 11) is 1.43. The number of methoxy groups -OCH3 is 1. The number of aliphatic carboxylic acids is 1.